The van der Waals surface area contributed by atoms with Crippen molar-refractivity contribution in [1.82, 2.24) is 10.2 Å². The summed E-state index contributed by atoms with van der Waals surface area (Å²) < 4.78 is 4.83. The second-order valence-corrected chi connectivity index (χ2v) is 6.58. The molecule has 0 aliphatic carbocycles. The Morgan fingerprint density at radius 2 is 2.00 bits per heavy atom. The van der Waals surface area contributed by atoms with Crippen molar-refractivity contribution in [3.63, 3.8) is 0 Å². The van der Waals surface area contributed by atoms with E-state index in [9.17, 15) is 14.4 Å². The molecule has 0 radical (unpaired) electrons. The van der Waals surface area contributed by atoms with Crippen LogP contribution in [0.15, 0.2) is 52.2 Å². The first-order valence-corrected chi connectivity index (χ1v) is 8.55. The second kappa shape index (κ2) is 7.58. The summed E-state index contributed by atoms with van der Waals surface area (Å²) in [5.41, 5.74) is 1.17. The van der Waals surface area contributed by atoms with Crippen LogP contribution in [0, 0.1) is 0 Å². The molecule has 1 fully saturated rings. The molecule has 2 heterocycles. The van der Waals surface area contributed by atoms with E-state index in [1.165, 1.54) is 18.6 Å². The number of imide groups is 1. The van der Waals surface area contributed by atoms with E-state index >= 15 is 0 Å². The third kappa shape index (κ3) is 4.12. The SMILES string of the molecule is O=C(NCCN1C(=O)S/C(=C\c2ccc(Cl)cc2)C1=O)c1ccoc1. The van der Waals surface area contributed by atoms with E-state index < -0.39 is 0 Å². The van der Waals surface area contributed by atoms with Crippen LogP contribution in [0.3, 0.4) is 0 Å². The quantitative estimate of drug-likeness (QED) is 0.809. The Hall–Kier alpha value is -2.51. The number of thioether (sulfide) groups is 1. The predicted octanol–water partition coefficient (Wildman–Crippen LogP) is 3.40. The van der Waals surface area contributed by atoms with Crippen molar-refractivity contribution in [2.45, 2.75) is 0 Å². The highest BCUT2D eigenvalue weighted by atomic mass is 35.5. The third-order valence-corrected chi connectivity index (χ3v) is 4.61. The molecule has 3 amide bonds. The number of rotatable bonds is 5. The number of halogens is 1. The largest absolute Gasteiger partial charge is 0.472 e. The first-order valence-electron chi connectivity index (χ1n) is 7.36. The molecule has 1 N–H and O–H groups in total. The Kier molecular flexibility index (Phi) is 5.25. The zero-order valence-corrected chi connectivity index (χ0v) is 14.5. The van der Waals surface area contributed by atoms with Gasteiger partial charge in [0.1, 0.15) is 6.26 Å². The molecule has 128 valence electrons. The van der Waals surface area contributed by atoms with Crippen LogP contribution in [0.5, 0.6) is 0 Å². The summed E-state index contributed by atoms with van der Waals surface area (Å²) in [6.07, 6.45) is 4.36. The van der Waals surface area contributed by atoms with Gasteiger partial charge in [0.05, 0.1) is 16.7 Å². The van der Waals surface area contributed by atoms with Gasteiger partial charge in [-0.25, -0.2) is 0 Å². The standard InChI is InChI=1S/C17H13ClN2O4S/c18-13-3-1-11(2-4-13)9-14-16(22)20(17(23)25-14)7-6-19-15(21)12-5-8-24-10-12/h1-5,8-10H,6-7H2,(H,19,21)/b14-9-. The predicted molar refractivity (Wildman–Crippen MR) is 95.2 cm³/mol. The van der Waals surface area contributed by atoms with Crippen LogP contribution in [0.25, 0.3) is 6.08 Å². The zero-order valence-electron chi connectivity index (χ0n) is 12.9. The van der Waals surface area contributed by atoms with Gasteiger partial charge in [0.2, 0.25) is 0 Å². The monoisotopic (exact) mass is 376 g/mol. The molecular formula is C17H13ClN2O4S. The van der Waals surface area contributed by atoms with Gasteiger partial charge in [-0.05, 0) is 41.6 Å². The maximum absolute atomic E-state index is 12.4. The van der Waals surface area contributed by atoms with Crippen LogP contribution in [-0.2, 0) is 4.79 Å². The lowest BCUT2D eigenvalue weighted by molar-refractivity contribution is -0.122. The fourth-order valence-electron chi connectivity index (χ4n) is 2.18. The zero-order chi connectivity index (χ0) is 17.8. The lowest BCUT2D eigenvalue weighted by atomic mass is 10.2. The molecule has 1 aromatic heterocycles. The summed E-state index contributed by atoms with van der Waals surface area (Å²) in [6.45, 7) is 0.266. The highest BCUT2D eigenvalue weighted by Crippen LogP contribution is 2.32. The highest BCUT2D eigenvalue weighted by molar-refractivity contribution is 8.18. The Labute approximate surface area is 152 Å². The van der Waals surface area contributed by atoms with Gasteiger partial charge >= 0.3 is 0 Å². The van der Waals surface area contributed by atoms with Gasteiger partial charge in [-0.3, -0.25) is 19.3 Å². The molecule has 1 aromatic carbocycles. The average molecular weight is 377 g/mol. The van der Waals surface area contributed by atoms with Gasteiger partial charge in [-0.15, -0.1) is 0 Å². The van der Waals surface area contributed by atoms with Gasteiger partial charge < -0.3 is 9.73 Å². The first-order chi connectivity index (χ1) is 12.0. The number of amides is 3. The summed E-state index contributed by atoms with van der Waals surface area (Å²) in [4.78, 5) is 37.6. The van der Waals surface area contributed by atoms with Gasteiger partial charge in [-0.2, -0.15) is 0 Å². The fourth-order valence-corrected chi connectivity index (χ4v) is 3.17. The van der Waals surface area contributed by atoms with Gasteiger partial charge in [-0.1, -0.05) is 23.7 Å². The Morgan fingerprint density at radius 1 is 1.24 bits per heavy atom. The van der Waals surface area contributed by atoms with Crippen LogP contribution in [0.2, 0.25) is 5.02 Å². The molecule has 0 unspecified atom stereocenters. The number of benzene rings is 1. The molecule has 1 aliphatic heterocycles. The molecule has 0 saturated carbocycles. The number of furan rings is 1. The molecule has 1 saturated heterocycles. The van der Waals surface area contributed by atoms with Crippen molar-refractivity contribution in [2.75, 3.05) is 13.1 Å². The maximum atomic E-state index is 12.4. The van der Waals surface area contributed by atoms with Crippen molar-refractivity contribution in [1.29, 1.82) is 0 Å². The molecule has 3 rings (SSSR count). The molecule has 1 aliphatic rings. The van der Waals surface area contributed by atoms with E-state index in [1.807, 2.05) is 0 Å². The van der Waals surface area contributed by atoms with Gasteiger partial charge in [0.25, 0.3) is 17.1 Å². The number of carbonyl (C=O) groups excluding carboxylic acids is 3. The molecule has 8 heteroatoms. The number of hydrogen-bond donors (Lipinski definition) is 1. The minimum atomic E-state index is -0.373. The molecule has 6 nitrogen and oxygen atoms in total. The lowest BCUT2D eigenvalue weighted by Crippen LogP contribution is -2.37. The van der Waals surface area contributed by atoms with Gasteiger partial charge in [0, 0.05) is 18.1 Å². The number of nitrogens with zero attached hydrogens (tertiary/aromatic N) is 1. The van der Waals surface area contributed by atoms with Crippen molar-refractivity contribution in [3.8, 4) is 0 Å². The summed E-state index contributed by atoms with van der Waals surface area (Å²) in [5, 5.41) is 2.87. The van der Waals surface area contributed by atoms with E-state index in [-0.39, 0.29) is 30.1 Å². The van der Waals surface area contributed by atoms with Crippen LogP contribution in [0.4, 0.5) is 4.79 Å². The van der Waals surface area contributed by atoms with Crippen LogP contribution < -0.4 is 5.32 Å². The first kappa shape index (κ1) is 17.3. The smallest absolute Gasteiger partial charge is 0.293 e. The minimum Gasteiger partial charge on any atom is -0.472 e. The normalized spacial score (nSPS) is 15.9. The summed E-state index contributed by atoms with van der Waals surface area (Å²) in [7, 11) is 0. The number of hydrogen-bond acceptors (Lipinski definition) is 5. The highest BCUT2D eigenvalue weighted by Gasteiger charge is 2.34. The Bertz CT molecular complexity index is 831. The van der Waals surface area contributed by atoms with Crippen LogP contribution >= 0.6 is 23.4 Å². The van der Waals surface area contributed by atoms with Crippen LogP contribution in [0.1, 0.15) is 15.9 Å². The lowest BCUT2D eigenvalue weighted by Gasteiger charge is -2.12. The minimum absolute atomic E-state index is 0.103. The van der Waals surface area contributed by atoms with Crippen molar-refractivity contribution in [2.24, 2.45) is 0 Å². The van der Waals surface area contributed by atoms with Gasteiger partial charge in [0.15, 0.2) is 0 Å². The fraction of sp³-hybridized carbons (Fsp3) is 0.118. The van der Waals surface area contributed by atoms with Crippen molar-refractivity contribution >= 4 is 46.5 Å². The maximum Gasteiger partial charge on any atom is 0.293 e. The molecule has 0 bridgehead atoms. The second-order valence-electron chi connectivity index (χ2n) is 5.15. The Balaban J connectivity index is 1.59. The average Bonchev–Trinajstić information content (AvgIpc) is 3.21. The number of carbonyl (C=O) groups is 3. The third-order valence-electron chi connectivity index (χ3n) is 3.45. The number of nitrogens with one attached hydrogen (secondary N) is 1. The summed E-state index contributed by atoms with van der Waals surface area (Å²) in [6, 6.07) is 8.49. The van der Waals surface area contributed by atoms with E-state index in [0.29, 0.717) is 15.5 Å². The van der Waals surface area contributed by atoms with Crippen molar-refractivity contribution < 1.29 is 18.8 Å². The van der Waals surface area contributed by atoms with E-state index in [1.54, 1.807) is 30.3 Å². The summed E-state index contributed by atoms with van der Waals surface area (Å²) >= 11 is 6.70. The van der Waals surface area contributed by atoms with E-state index in [2.05, 4.69) is 5.32 Å². The van der Waals surface area contributed by atoms with E-state index in [0.717, 1.165) is 22.2 Å². The Morgan fingerprint density at radius 3 is 2.68 bits per heavy atom. The molecule has 25 heavy (non-hydrogen) atoms. The van der Waals surface area contributed by atoms with E-state index in [4.69, 9.17) is 16.0 Å². The molecule has 0 atom stereocenters. The topological polar surface area (TPSA) is 79.6 Å². The molecule has 0 spiro atoms. The van der Waals surface area contributed by atoms with Crippen molar-refractivity contribution in [3.05, 3.63) is 63.9 Å². The molecule has 2 aromatic rings. The molecular weight excluding hydrogens is 364 g/mol. The van der Waals surface area contributed by atoms with Crippen LogP contribution in [-0.4, -0.2) is 35.0 Å². The summed E-state index contributed by atoms with van der Waals surface area (Å²) in [5.74, 6) is -0.695.